The van der Waals surface area contributed by atoms with E-state index in [4.69, 9.17) is 22.1 Å². The fourth-order valence-corrected chi connectivity index (χ4v) is 3.12. The summed E-state index contributed by atoms with van der Waals surface area (Å²) in [6.45, 7) is 5.55. The fraction of sp³-hybridized carbons (Fsp3) is 0.333. The normalized spacial score (nSPS) is 11.3. The molecular formula is C18H21ClN2O2S. The summed E-state index contributed by atoms with van der Waals surface area (Å²) >= 11 is 7.53. The second-order valence-electron chi connectivity index (χ2n) is 6.39. The van der Waals surface area contributed by atoms with Gasteiger partial charge in [0.15, 0.2) is 0 Å². The minimum atomic E-state index is -0.489. The summed E-state index contributed by atoms with van der Waals surface area (Å²) < 4.78 is 5.32. The van der Waals surface area contributed by atoms with Crippen molar-refractivity contribution in [1.29, 1.82) is 0 Å². The fourth-order valence-electron chi connectivity index (χ4n) is 2.05. The number of thioether (sulfide) groups is 1. The van der Waals surface area contributed by atoms with Gasteiger partial charge in [-0.05, 0) is 56.7 Å². The molecule has 2 rings (SSSR count). The number of esters is 1. The molecule has 0 fully saturated rings. The Kier molecular flexibility index (Phi) is 6.13. The van der Waals surface area contributed by atoms with Crippen LogP contribution in [0.3, 0.4) is 0 Å². The highest BCUT2D eigenvalue weighted by Crippen LogP contribution is 2.30. The van der Waals surface area contributed by atoms with E-state index in [2.05, 4.69) is 4.98 Å². The highest BCUT2D eigenvalue weighted by Gasteiger charge is 2.17. The lowest BCUT2D eigenvalue weighted by atomic mass is 10.2. The van der Waals surface area contributed by atoms with Gasteiger partial charge in [0, 0.05) is 27.6 Å². The van der Waals surface area contributed by atoms with E-state index in [-0.39, 0.29) is 12.4 Å². The Morgan fingerprint density at radius 1 is 1.29 bits per heavy atom. The van der Waals surface area contributed by atoms with E-state index < -0.39 is 5.60 Å². The molecular weight excluding hydrogens is 344 g/mol. The number of nitrogen functional groups attached to an aromatic ring is 1. The SMILES string of the molecule is CC(C)(C)OC(=O)Cc1cc(CSc2ccc(Cl)cc2N)ccn1. The molecule has 1 aromatic carbocycles. The largest absolute Gasteiger partial charge is 0.460 e. The summed E-state index contributed by atoms with van der Waals surface area (Å²) in [6, 6.07) is 9.32. The molecule has 0 spiro atoms. The maximum Gasteiger partial charge on any atom is 0.312 e. The summed E-state index contributed by atoms with van der Waals surface area (Å²) in [4.78, 5) is 17.1. The Balaban J connectivity index is 1.98. The molecule has 0 aliphatic carbocycles. The number of nitrogens with zero attached hydrogens (tertiary/aromatic N) is 1. The number of halogens is 1. The van der Waals surface area contributed by atoms with E-state index in [0.29, 0.717) is 16.4 Å². The Morgan fingerprint density at radius 2 is 2.04 bits per heavy atom. The van der Waals surface area contributed by atoms with Gasteiger partial charge in [-0.25, -0.2) is 0 Å². The van der Waals surface area contributed by atoms with E-state index in [0.717, 1.165) is 16.2 Å². The lowest BCUT2D eigenvalue weighted by molar-refractivity contribution is -0.153. The molecule has 0 unspecified atom stereocenters. The molecule has 0 aliphatic heterocycles. The van der Waals surface area contributed by atoms with Gasteiger partial charge in [-0.2, -0.15) is 0 Å². The molecule has 0 aliphatic rings. The first kappa shape index (κ1) is 18.6. The molecule has 6 heteroatoms. The first-order valence-corrected chi connectivity index (χ1v) is 8.93. The number of ether oxygens (including phenoxy) is 1. The van der Waals surface area contributed by atoms with Gasteiger partial charge in [0.2, 0.25) is 0 Å². The van der Waals surface area contributed by atoms with Crippen LogP contribution in [0.25, 0.3) is 0 Å². The van der Waals surface area contributed by atoms with Gasteiger partial charge in [0.1, 0.15) is 5.60 Å². The second-order valence-corrected chi connectivity index (χ2v) is 7.84. The van der Waals surface area contributed by atoms with Crippen LogP contribution in [0.4, 0.5) is 5.69 Å². The van der Waals surface area contributed by atoms with Gasteiger partial charge in [-0.3, -0.25) is 9.78 Å². The second kappa shape index (κ2) is 7.90. The van der Waals surface area contributed by atoms with E-state index in [1.165, 1.54) is 0 Å². The van der Waals surface area contributed by atoms with Gasteiger partial charge in [0.05, 0.1) is 12.1 Å². The molecule has 1 aromatic heterocycles. The van der Waals surface area contributed by atoms with E-state index in [1.54, 1.807) is 24.0 Å². The molecule has 0 amide bonds. The van der Waals surface area contributed by atoms with Crippen LogP contribution in [0.2, 0.25) is 5.02 Å². The van der Waals surface area contributed by atoms with Crippen LogP contribution in [-0.2, 0) is 21.7 Å². The molecule has 2 aromatic rings. The maximum atomic E-state index is 11.9. The van der Waals surface area contributed by atoms with Crippen molar-refractivity contribution < 1.29 is 9.53 Å². The molecule has 24 heavy (non-hydrogen) atoms. The standard InChI is InChI=1S/C18H21ClN2O2S/c1-18(2,3)23-17(22)10-14-8-12(6-7-21-14)11-24-16-5-4-13(19)9-15(16)20/h4-9H,10-11,20H2,1-3H3. The lowest BCUT2D eigenvalue weighted by Gasteiger charge is -2.19. The van der Waals surface area contributed by atoms with Crippen molar-refractivity contribution in [2.45, 2.75) is 43.4 Å². The number of hydrogen-bond donors (Lipinski definition) is 1. The number of pyridine rings is 1. The highest BCUT2D eigenvalue weighted by atomic mass is 35.5. The summed E-state index contributed by atoms with van der Waals surface area (Å²) in [7, 11) is 0. The van der Waals surface area contributed by atoms with Gasteiger partial charge in [-0.15, -0.1) is 11.8 Å². The average Bonchev–Trinajstić information content (AvgIpc) is 2.44. The molecule has 1 heterocycles. The monoisotopic (exact) mass is 364 g/mol. The molecule has 128 valence electrons. The van der Waals surface area contributed by atoms with Crippen molar-refractivity contribution >= 4 is 35.0 Å². The molecule has 0 saturated heterocycles. The van der Waals surface area contributed by atoms with Crippen molar-refractivity contribution in [3.05, 3.63) is 52.8 Å². The zero-order chi connectivity index (χ0) is 17.7. The van der Waals surface area contributed by atoms with Crippen LogP contribution >= 0.6 is 23.4 Å². The number of aromatic nitrogens is 1. The molecule has 0 atom stereocenters. The lowest BCUT2D eigenvalue weighted by Crippen LogP contribution is -2.25. The summed E-state index contributed by atoms with van der Waals surface area (Å²) in [5.74, 6) is 0.456. The number of anilines is 1. The van der Waals surface area contributed by atoms with Crippen LogP contribution < -0.4 is 5.73 Å². The number of nitrogens with two attached hydrogens (primary N) is 1. The van der Waals surface area contributed by atoms with E-state index >= 15 is 0 Å². The Hall–Kier alpha value is -1.72. The van der Waals surface area contributed by atoms with Crippen molar-refractivity contribution in [2.24, 2.45) is 0 Å². The minimum absolute atomic E-state index is 0.166. The van der Waals surface area contributed by atoms with Crippen LogP contribution in [0.5, 0.6) is 0 Å². The van der Waals surface area contributed by atoms with Gasteiger partial charge < -0.3 is 10.5 Å². The van der Waals surface area contributed by atoms with Crippen molar-refractivity contribution in [1.82, 2.24) is 4.98 Å². The third-order valence-electron chi connectivity index (χ3n) is 2.99. The third-order valence-corrected chi connectivity index (χ3v) is 4.39. The van der Waals surface area contributed by atoms with Crippen molar-refractivity contribution in [2.75, 3.05) is 5.73 Å². The zero-order valence-electron chi connectivity index (χ0n) is 14.0. The highest BCUT2D eigenvalue weighted by molar-refractivity contribution is 7.98. The Labute approximate surface area is 151 Å². The van der Waals surface area contributed by atoms with E-state index in [1.807, 2.05) is 45.0 Å². The van der Waals surface area contributed by atoms with E-state index in [9.17, 15) is 4.79 Å². The summed E-state index contributed by atoms with van der Waals surface area (Å²) in [6.07, 6.45) is 1.87. The van der Waals surface area contributed by atoms with Crippen molar-refractivity contribution in [3.8, 4) is 0 Å². The van der Waals surface area contributed by atoms with Crippen LogP contribution in [0.1, 0.15) is 32.0 Å². The van der Waals surface area contributed by atoms with Crippen LogP contribution in [0.15, 0.2) is 41.4 Å². The number of benzene rings is 1. The Morgan fingerprint density at radius 3 is 2.71 bits per heavy atom. The Bertz CT molecular complexity index is 729. The molecule has 0 bridgehead atoms. The molecule has 2 N–H and O–H groups in total. The average molecular weight is 365 g/mol. The molecule has 0 radical (unpaired) electrons. The van der Waals surface area contributed by atoms with Crippen molar-refractivity contribution in [3.63, 3.8) is 0 Å². The predicted octanol–water partition coefficient (Wildman–Crippen LogP) is 4.49. The van der Waals surface area contributed by atoms with Gasteiger partial charge in [0.25, 0.3) is 0 Å². The summed E-state index contributed by atoms with van der Waals surface area (Å²) in [5, 5.41) is 0.625. The first-order chi connectivity index (χ1) is 11.2. The first-order valence-electron chi connectivity index (χ1n) is 7.56. The topological polar surface area (TPSA) is 65.2 Å². The molecule has 4 nitrogen and oxygen atoms in total. The molecule has 0 saturated carbocycles. The van der Waals surface area contributed by atoms with Crippen LogP contribution in [0, 0.1) is 0 Å². The quantitative estimate of drug-likeness (QED) is 0.481. The third kappa shape index (κ3) is 6.06. The minimum Gasteiger partial charge on any atom is -0.460 e. The number of carbonyl (C=O) groups is 1. The predicted molar refractivity (Wildman–Crippen MR) is 99.2 cm³/mol. The maximum absolute atomic E-state index is 11.9. The zero-order valence-corrected chi connectivity index (χ0v) is 15.6. The smallest absolute Gasteiger partial charge is 0.312 e. The number of hydrogen-bond acceptors (Lipinski definition) is 5. The van der Waals surface area contributed by atoms with Gasteiger partial charge >= 0.3 is 5.97 Å². The van der Waals surface area contributed by atoms with Gasteiger partial charge in [-0.1, -0.05) is 11.6 Å². The summed E-state index contributed by atoms with van der Waals surface area (Å²) in [5.41, 5.74) is 7.91. The van der Waals surface area contributed by atoms with Crippen LogP contribution in [-0.4, -0.2) is 16.6 Å². The number of rotatable bonds is 5. The number of carbonyl (C=O) groups excluding carboxylic acids is 1.